The third kappa shape index (κ3) is 6.98. The minimum absolute atomic E-state index is 0.153. The molecule has 31 heavy (non-hydrogen) atoms. The van der Waals surface area contributed by atoms with Gasteiger partial charge in [0.05, 0.1) is 25.2 Å². The number of nitrogens with one attached hydrogen (secondary N) is 1. The molecule has 0 bridgehead atoms. The first-order valence-corrected chi connectivity index (χ1v) is 9.79. The van der Waals surface area contributed by atoms with E-state index in [4.69, 9.17) is 33.4 Å². The van der Waals surface area contributed by atoms with Gasteiger partial charge in [0, 0.05) is 10.0 Å². The van der Waals surface area contributed by atoms with Crippen LogP contribution in [0.2, 0.25) is 10.0 Å². The minimum Gasteiger partial charge on any atom is -0.467 e. The number of hydrogen-bond acceptors (Lipinski definition) is 5. The standard InChI is InChI=1S/C21H18Cl2N6O2/c22-17-7-3-15(4-8-17)12-26-28-20(24)29(21(30)25-14-19-2-1-11-31-19)27-13-16-5-9-18(23)10-6-16/h1-13H,14H2,(H2,24,28)(H,25,30). The summed E-state index contributed by atoms with van der Waals surface area (Å²) in [4.78, 5) is 12.6. The Morgan fingerprint density at radius 1 is 1.00 bits per heavy atom. The maximum atomic E-state index is 12.6. The molecule has 158 valence electrons. The highest BCUT2D eigenvalue weighted by molar-refractivity contribution is 6.30. The van der Waals surface area contributed by atoms with E-state index in [1.165, 1.54) is 18.7 Å². The summed E-state index contributed by atoms with van der Waals surface area (Å²) in [7, 11) is 0. The molecule has 0 saturated heterocycles. The molecule has 10 heteroatoms. The van der Waals surface area contributed by atoms with Gasteiger partial charge >= 0.3 is 6.03 Å². The van der Waals surface area contributed by atoms with Crippen LogP contribution in [-0.4, -0.2) is 29.4 Å². The lowest BCUT2D eigenvalue weighted by atomic mass is 10.2. The van der Waals surface area contributed by atoms with Crippen molar-refractivity contribution in [3.63, 3.8) is 0 Å². The van der Waals surface area contributed by atoms with Crippen LogP contribution in [0.3, 0.4) is 0 Å². The van der Waals surface area contributed by atoms with Gasteiger partial charge in [0.2, 0.25) is 5.96 Å². The lowest BCUT2D eigenvalue weighted by Gasteiger charge is -2.15. The predicted molar refractivity (Wildman–Crippen MR) is 122 cm³/mol. The van der Waals surface area contributed by atoms with Crippen LogP contribution in [0.5, 0.6) is 0 Å². The van der Waals surface area contributed by atoms with Gasteiger partial charge in [-0.05, 0) is 47.5 Å². The largest absolute Gasteiger partial charge is 0.467 e. The zero-order chi connectivity index (χ0) is 22.1. The summed E-state index contributed by atoms with van der Waals surface area (Å²) in [5.41, 5.74) is 7.44. The number of carbonyl (C=O) groups excluding carboxylic acids is 1. The van der Waals surface area contributed by atoms with E-state index in [2.05, 4.69) is 20.6 Å². The van der Waals surface area contributed by atoms with Crippen LogP contribution in [0.25, 0.3) is 0 Å². The molecule has 0 radical (unpaired) electrons. The highest BCUT2D eigenvalue weighted by Crippen LogP contribution is 2.09. The molecule has 0 spiro atoms. The topological polar surface area (TPSA) is 109 Å². The molecule has 0 unspecified atom stereocenters. The number of hydrogen-bond donors (Lipinski definition) is 2. The van der Waals surface area contributed by atoms with Crippen LogP contribution in [0.4, 0.5) is 4.79 Å². The third-order valence-corrected chi connectivity index (χ3v) is 4.34. The van der Waals surface area contributed by atoms with Crippen molar-refractivity contribution in [2.45, 2.75) is 6.54 Å². The fourth-order valence-electron chi connectivity index (χ4n) is 2.29. The normalized spacial score (nSPS) is 11.9. The Balaban J connectivity index is 1.76. The van der Waals surface area contributed by atoms with Crippen molar-refractivity contribution in [3.8, 4) is 0 Å². The number of benzene rings is 2. The number of halogens is 2. The first-order valence-electron chi connectivity index (χ1n) is 9.03. The van der Waals surface area contributed by atoms with E-state index in [-0.39, 0.29) is 12.5 Å². The van der Waals surface area contributed by atoms with Crippen molar-refractivity contribution in [1.82, 2.24) is 10.3 Å². The molecule has 3 aromatic rings. The molecule has 0 aliphatic carbocycles. The Kier molecular flexibility index (Phi) is 7.80. The van der Waals surface area contributed by atoms with Crippen molar-refractivity contribution in [2.24, 2.45) is 21.0 Å². The quantitative estimate of drug-likeness (QED) is 0.324. The highest BCUT2D eigenvalue weighted by Gasteiger charge is 2.17. The van der Waals surface area contributed by atoms with Crippen molar-refractivity contribution < 1.29 is 9.21 Å². The Bertz CT molecular complexity index is 1080. The van der Waals surface area contributed by atoms with Gasteiger partial charge in [-0.15, -0.1) is 10.1 Å². The lowest BCUT2D eigenvalue weighted by molar-refractivity contribution is 0.220. The highest BCUT2D eigenvalue weighted by atomic mass is 35.5. The van der Waals surface area contributed by atoms with Crippen LogP contribution < -0.4 is 11.1 Å². The molecule has 1 aromatic heterocycles. The van der Waals surface area contributed by atoms with Gasteiger partial charge in [0.25, 0.3) is 0 Å². The number of amides is 2. The Morgan fingerprint density at radius 2 is 1.61 bits per heavy atom. The van der Waals surface area contributed by atoms with E-state index in [1.54, 1.807) is 60.7 Å². The predicted octanol–water partition coefficient (Wildman–Crippen LogP) is 4.48. The van der Waals surface area contributed by atoms with E-state index in [0.717, 1.165) is 10.6 Å². The first kappa shape index (κ1) is 22.1. The maximum Gasteiger partial charge on any atom is 0.345 e. The van der Waals surface area contributed by atoms with Gasteiger partial charge in [-0.3, -0.25) is 0 Å². The monoisotopic (exact) mass is 456 g/mol. The van der Waals surface area contributed by atoms with Gasteiger partial charge in [-0.25, -0.2) is 4.79 Å². The van der Waals surface area contributed by atoms with Crippen LogP contribution in [-0.2, 0) is 6.54 Å². The van der Waals surface area contributed by atoms with E-state index >= 15 is 0 Å². The van der Waals surface area contributed by atoms with Crippen LogP contribution in [0, 0.1) is 0 Å². The number of carbonyl (C=O) groups is 1. The summed E-state index contributed by atoms with van der Waals surface area (Å²) in [6.45, 7) is 0.153. The molecule has 0 atom stereocenters. The van der Waals surface area contributed by atoms with Crippen LogP contribution in [0.15, 0.2) is 86.6 Å². The summed E-state index contributed by atoms with van der Waals surface area (Å²) in [5.74, 6) is 0.346. The Labute approximate surface area is 188 Å². The molecule has 8 nitrogen and oxygen atoms in total. The van der Waals surface area contributed by atoms with Crippen molar-refractivity contribution >= 4 is 47.6 Å². The van der Waals surface area contributed by atoms with Gasteiger partial charge < -0.3 is 15.5 Å². The number of nitrogens with zero attached hydrogens (tertiary/aromatic N) is 4. The molecule has 0 aliphatic rings. The van der Waals surface area contributed by atoms with E-state index in [9.17, 15) is 4.79 Å². The maximum absolute atomic E-state index is 12.6. The molecule has 2 amide bonds. The Hall–Kier alpha value is -3.62. The molecule has 3 rings (SSSR count). The number of nitrogens with two attached hydrogens (primary N) is 1. The van der Waals surface area contributed by atoms with Crippen molar-refractivity contribution in [3.05, 3.63) is 93.9 Å². The second-order valence-electron chi connectivity index (χ2n) is 6.10. The number of furan rings is 1. The zero-order valence-corrected chi connectivity index (χ0v) is 17.7. The summed E-state index contributed by atoms with van der Waals surface area (Å²) in [6.07, 6.45) is 4.44. The smallest absolute Gasteiger partial charge is 0.345 e. The van der Waals surface area contributed by atoms with Crippen LogP contribution >= 0.6 is 23.2 Å². The number of urea groups is 1. The number of rotatable bonds is 6. The minimum atomic E-state index is -0.607. The first-order chi connectivity index (χ1) is 15.0. The average Bonchev–Trinajstić information content (AvgIpc) is 3.29. The lowest BCUT2D eigenvalue weighted by Crippen LogP contribution is -2.43. The summed E-state index contributed by atoms with van der Waals surface area (Å²) in [5, 5.41) is 16.7. The summed E-state index contributed by atoms with van der Waals surface area (Å²) < 4.78 is 5.21. The molecule has 1 heterocycles. The Morgan fingerprint density at radius 3 is 2.19 bits per heavy atom. The molecular weight excluding hydrogens is 439 g/mol. The van der Waals surface area contributed by atoms with Gasteiger partial charge in [0.1, 0.15) is 5.76 Å². The van der Waals surface area contributed by atoms with E-state index < -0.39 is 6.03 Å². The van der Waals surface area contributed by atoms with Gasteiger partial charge in [-0.1, -0.05) is 47.5 Å². The second-order valence-corrected chi connectivity index (χ2v) is 6.97. The second kappa shape index (κ2) is 11.0. The molecule has 2 aromatic carbocycles. The molecule has 0 fully saturated rings. The fraction of sp³-hybridized carbons (Fsp3) is 0.0476. The van der Waals surface area contributed by atoms with Gasteiger partial charge in [-0.2, -0.15) is 10.2 Å². The van der Waals surface area contributed by atoms with Crippen LogP contribution in [0.1, 0.15) is 16.9 Å². The van der Waals surface area contributed by atoms with E-state index in [1.807, 2.05) is 0 Å². The fourth-order valence-corrected chi connectivity index (χ4v) is 2.54. The molecule has 3 N–H and O–H groups in total. The summed E-state index contributed by atoms with van der Waals surface area (Å²) in [6, 6.07) is 16.7. The number of guanidine groups is 1. The van der Waals surface area contributed by atoms with Crippen molar-refractivity contribution in [2.75, 3.05) is 0 Å². The third-order valence-electron chi connectivity index (χ3n) is 3.83. The average molecular weight is 457 g/mol. The molecule has 0 saturated carbocycles. The molecular formula is C21H18Cl2N6O2. The van der Waals surface area contributed by atoms with Gasteiger partial charge in [0.15, 0.2) is 0 Å². The van der Waals surface area contributed by atoms with E-state index in [0.29, 0.717) is 21.4 Å². The summed E-state index contributed by atoms with van der Waals surface area (Å²) >= 11 is 11.8. The zero-order valence-electron chi connectivity index (χ0n) is 16.2. The van der Waals surface area contributed by atoms with Crippen molar-refractivity contribution in [1.29, 1.82) is 0 Å². The molecule has 0 aliphatic heterocycles. The SMILES string of the molecule is NC(=NN=Cc1ccc(Cl)cc1)N(N=Cc1ccc(Cl)cc1)C(=O)NCc1ccco1. The number of hydrazone groups is 1.